The minimum Gasteiger partial charge on any atom is -0.444 e. The Labute approximate surface area is 160 Å². The molecule has 136 valence electrons. The molecule has 3 heterocycles. The number of carbonyl (C=O) groups excluding carboxylic acids is 1. The molecule has 1 amide bonds. The topological polar surface area (TPSA) is 95.5 Å². The van der Waals surface area contributed by atoms with Gasteiger partial charge in [-0.15, -0.1) is 0 Å². The van der Waals surface area contributed by atoms with Crippen molar-refractivity contribution < 1.29 is 9.53 Å². The lowest BCUT2D eigenvalue weighted by Gasteiger charge is -2.29. The molecule has 3 rings (SSSR count). The molecule has 0 spiro atoms. The van der Waals surface area contributed by atoms with Crippen molar-refractivity contribution in [1.82, 2.24) is 14.6 Å². The number of carbonyl (C=O) groups is 1. The number of halogens is 1. The Bertz CT molecular complexity index is 864. The molecule has 2 aromatic heterocycles. The van der Waals surface area contributed by atoms with E-state index in [-0.39, 0.29) is 6.71 Å². The van der Waals surface area contributed by atoms with Crippen LogP contribution in [0.5, 0.6) is 0 Å². The summed E-state index contributed by atoms with van der Waals surface area (Å²) in [5, 5.41) is 16.1. The molecular formula is C16H20BBrN6O2. The lowest BCUT2D eigenvalue weighted by atomic mass is 9.45. The summed E-state index contributed by atoms with van der Waals surface area (Å²) in [5.74, 6) is 3.54. The summed E-state index contributed by atoms with van der Waals surface area (Å²) in [5.41, 5.74) is 0.0131. The van der Waals surface area contributed by atoms with Gasteiger partial charge in [0.15, 0.2) is 5.65 Å². The van der Waals surface area contributed by atoms with E-state index in [0.29, 0.717) is 11.5 Å². The third-order valence-electron chi connectivity index (χ3n) is 4.05. The third-order valence-corrected chi connectivity index (χ3v) is 4.61. The Hall–Kier alpha value is -2.28. The molecule has 0 aliphatic carbocycles. The van der Waals surface area contributed by atoms with E-state index in [0.717, 1.165) is 36.0 Å². The number of hydrogen-bond acceptors (Lipinski definition) is 6. The standard InChI is InChI=1S/C16H20BBrN6O2/c1-16(2,3)26-15(25)22-13-8-12(21-14-11(18)9-20-24(13)14)23-6-4-17(10-19)5-7-23/h8-9H,4-7H2,1-3H3,(H,22,25). The first-order chi connectivity index (χ1) is 12.3. The molecule has 10 heteroatoms. The van der Waals surface area contributed by atoms with Gasteiger partial charge in [-0.05, 0) is 49.3 Å². The van der Waals surface area contributed by atoms with Crippen LogP contribution in [0.15, 0.2) is 16.7 Å². The summed E-state index contributed by atoms with van der Waals surface area (Å²) < 4.78 is 7.63. The van der Waals surface area contributed by atoms with Gasteiger partial charge in [0.05, 0.1) is 10.7 Å². The van der Waals surface area contributed by atoms with Crippen LogP contribution >= 0.6 is 15.9 Å². The van der Waals surface area contributed by atoms with Crippen molar-refractivity contribution in [1.29, 1.82) is 5.26 Å². The summed E-state index contributed by atoms with van der Waals surface area (Å²) in [4.78, 5) is 19.0. The average Bonchev–Trinajstić information content (AvgIpc) is 2.95. The van der Waals surface area contributed by atoms with Gasteiger partial charge in [0, 0.05) is 25.1 Å². The number of nitrogens with one attached hydrogen (secondary N) is 1. The highest BCUT2D eigenvalue weighted by molar-refractivity contribution is 9.10. The first-order valence-corrected chi connectivity index (χ1v) is 9.25. The van der Waals surface area contributed by atoms with Crippen molar-refractivity contribution in [3.05, 3.63) is 16.7 Å². The van der Waals surface area contributed by atoms with E-state index in [1.165, 1.54) is 0 Å². The number of amides is 1. The highest BCUT2D eigenvalue weighted by Crippen LogP contribution is 2.26. The van der Waals surface area contributed by atoms with Crippen LogP contribution < -0.4 is 10.2 Å². The molecule has 0 saturated carbocycles. The molecule has 1 aliphatic rings. The van der Waals surface area contributed by atoms with Crippen LogP contribution in [0.3, 0.4) is 0 Å². The maximum absolute atomic E-state index is 12.2. The molecule has 1 N–H and O–H groups in total. The Balaban J connectivity index is 1.90. The summed E-state index contributed by atoms with van der Waals surface area (Å²) >= 11 is 3.44. The van der Waals surface area contributed by atoms with E-state index in [1.807, 2.05) is 20.8 Å². The van der Waals surface area contributed by atoms with E-state index in [4.69, 9.17) is 10.00 Å². The molecule has 1 fully saturated rings. The average molecular weight is 419 g/mol. The zero-order valence-electron chi connectivity index (χ0n) is 15.0. The Morgan fingerprint density at radius 1 is 1.42 bits per heavy atom. The van der Waals surface area contributed by atoms with Gasteiger partial charge in [-0.3, -0.25) is 5.32 Å². The molecule has 1 aliphatic heterocycles. The van der Waals surface area contributed by atoms with E-state index in [2.05, 4.69) is 42.2 Å². The molecule has 0 atom stereocenters. The Kier molecular flexibility index (Phi) is 5.09. The van der Waals surface area contributed by atoms with E-state index in [1.54, 1.807) is 16.8 Å². The number of nitriles is 1. The van der Waals surface area contributed by atoms with Crippen LogP contribution in [0.25, 0.3) is 5.65 Å². The lowest BCUT2D eigenvalue weighted by Crippen LogP contribution is -2.37. The van der Waals surface area contributed by atoms with Gasteiger partial charge in [-0.25, -0.2) is 15.0 Å². The molecule has 8 nitrogen and oxygen atoms in total. The summed E-state index contributed by atoms with van der Waals surface area (Å²) in [7, 11) is 0. The van der Waals surface area contributed by atoms with Gasteiger partial charge in [-0.1, -0.05) is 0 Å². The van der Waals surface area contributed by atoms with Crippen LogP contribution in [-0.4, -0.2) is 46.1 Å². The number of fused-ring (bicyclic) bond motifs is 1. The van der Waals surface area contributed by atoms with Crippen molar-refractivity contribution in [3.63, 3.8) is 0 Å². The lowest BCUT2D eigenvalue weighted by molar-refractivity contribution is 0.0635. The minimum absolute atomic E-state index is 0.0936. The third kappa shape index (κ3) is 4.10. The monoisotopic (exact) mass is 418 g/mol. The van der Waals surface area contributed by atoms with Crippen molar-refractivity contribution in [2.45, 2.75) is 39.0 Å². The smallest absolute Gasteiger partial charge is 0.413 e. The van der Waals surface area contributed by atoms with Gasteiger partial charge >= 0.3 is 6.09 Å². The van der Waals surface area contributed by atoms with E-state index >= 15 is 0 Å². The number of aromatic nitrogens is 3. The first-order valence-electron chi connectivity index (χ1n) is 8.45. The first kappa shape index (κ1) is 18.5. The van der Waals surface area contributed by atoms with Crippen LogP contribution in [0, 0.1) is 11.2 Å². The number of hydrogen-bond donors (Lipinski definition) is 1. The molecule has 1 saturated heterocycles. The predicted molar refractivity (Wildman–Crippen MR) is 104 cm³/mol. The van der Waals surface area contributed by atoms with Crippen molar-refractivity contribution in [3.8, 4) is 5.97 Å². The van der Waals surface area contributed by atoms with E-state index in [9.17, 15) is 4.79 Å². The number of anilines is 2. The van der Waals surface area contributed by atoms with Gasteiger partial charge in [-0.2, -0.15) is 9.61 Å². The van der Waals surface area contributed by atoms with Crippen LogP contribution in [0.4, 0.5) is 16.4 Å². The van der Waals surface area contributed by atoms with Crippen LogP contribution in [-0.2, 0) is 4.74 Å². The highest BCUT2D eigenvalue weighted by atomic mass is 79.9. The maximum atomic E-state index is 12.2. The second-order valence-electron chi connectivity index (χ2n) is 7.24. The van der Waals surface area contributed by atoms with Crippen molar-refractivity contribution in [2.75, 3.05) is 23.3 Å². The fraction of sp³-hybridized carbons (Fsp3) is 0.500. The number of ether oxygens (including phenoxy) is 1. The molecule has 0 aromatic carbocycles. The minimum atomic E-state index is -0.594. The predicted octanol–water partition coefficient (Wildman–Crippen LogP) is 3.22. The molecule has 0 radical (unpaired) electrons. The number of rotatable bonds is 2. The zero-order chi connectivity index (χ0) is 18.9. The van der Waals surface area contributed by atoms with Gasteiger partial charge in [0.1, 0.15) is 17.2 Å². The summed E-state index contributed by atoms with van der Waals surface area (Å²) in [6.07, 6.45) is 2.69. The van der Waals surface area contributed by atoms with Gasteiger partial charge in [0.25, 0.3) is 6.71 Å². The fourth-order valence-electron chi connectivity index (χ4n) is 2.82. The second-order valence-corrected chi connectivity index (χ2v) is 8.10. The maximum Gasteiger partial charge on any atom is 0.413 e. The van der Waals surface area contributed by atoms with Crippen LogP contribution in [0.2, 0.25) is 12.6 Å². The quantitative estimate of drug-likeness (QED) is 0.752. The number of nitrogens with zero attached hydrogens (tertiary/aromatic N) is 5. The largest absolute Gasteiger partial charge is 0.444 e. The summed E-state index contributed by atoms with van der Waals surface area (Å²) in [6.45, 7) is 7.02. The molecular weight excluding hydrogens is 399 g/mol. The fourth-order valence-corrected chi connectivity index (χ4v) is 3.17. The molecule has 26 heavy (non-hydrogen) atoms. The van der Waals surface area contributed by atoms with E-state index < -0.39 is 11.7 Å². The SMILES string of the molecule is CC(C)(C)OC(=O)Nc1cc(N2CCB(C#N)CC2)nc2c(Br)cnn12. The Morgan fingerprint density at radius 2 is 2.12 bits per heavy atom. The Morgan fingerprint density at radius 3 is 2.73 bits per heavy atom. The second kappa shape index (κ2) is 7.15. The van der Waals surface area contributed by atoms with Crippen molar-refractivity contribution in [2.24, 2.45) is 0 Å². The summed E-state index contributed by atoms with van der Waals surface area (Å²) in [6, 6.07) is 1.78. The zero-order valence-corrected chi connectivity index (χ0v) is 16.6. The normalized spacial score (nSPS) is 15.0. The molecule has 0 unspecified atom stereocenters. The highest BCUT2D eigenvalue weighted by Gasteiger charge is 2.25. The van der Waals surface area contributed by atoms with Crippen LogP contribution in [0.1, 0.15) is 20.8 Å². The molecule has 2 aromatic rings. The molecule has 0 bridgehead atoms. The van der Waals surface area contributed by atoms with Crippen molar-refractivity contribution >= 4 is 46.0 Å². The van der Waals surface area contributed by atoms with Gasteiger partial charge in [0.2, 0.25) is 0 Å². The van der Waals surface area contributed by atoms with Gasteiger partial charge < -0.3 is 9.64 Å².